The standard InChI is InChI=1S/C33H24N4OS/c1-22-10-14-24(15-11-22)30-28(19-34)33(38-32(30)25-16-12-23(2)13-17-25)35-20-26-21-37(27-7-4-3-5-8-27)36-31(26)29-9-6-18-39-29/h3-18,20-21H,1-2H3. The summed E-state index contributed by atoms with van der Waals surface area (Å²) in [6.07, 6.45) is 3.68. The van der Waals surface area contributed by atoms with Crippen molar-refractivity contribution in [2.45, 2.75) is 13.8 Å². The molecule has 0 aliphatic rings. The minimum absolute atomic E-state index is 0.272. The third kappa shape index (κ3) is 4.84. The fraction of sp³-hybridized carbons (Fsp3) is 0.0606. The Balaban J connectivity index is 1.49. The molecule has 6 rings (SSSR count). The van der Waals surface area contributed by atoms with Gasteiger partial charge in [-0.05, 0) is 43.0 Å². The summed E-state index contributed by atoms with van der Waals surface area (Å²) in [7, 11) is 0. The van der Waals surface area contributed by atoms with E-state index in [0.717, 1.165) is 49.6 Å². The van der Waals surface area contributed by atoms with E-state index in [1.807, 2.05) is 121 Å². The van der Waals surface area contributed by atoms with E-state index in [9.17, 15) is 5.26 Å². The normalized spacial score (nSPS) is 11.2. The second kappa shape index (κ2) is 10.4. The van der Waals surface area contributed by atoms with Crippen molar-refractivity contribution < 1.29 is 4.42 Å². The molecule has 0 atom stereocenters. The molecule has 0 aliphatic carbocycles. The van der Waals surface area contributed by atoms with Gasteiger partial charge in [0.25, 0.3) is 0 Å². The molecule has 0 saturated carbocycles. The fourth-order valence-corrected chi connectivity index (χ4v) is 5.18. The van der Waals surface area contributed by atoms with Gasteiger partial charge < -0.3 is 4.42 Å². The van der Waals surface area contributed by atoms with E-state index in [2.05, 4.69) is 6.07 Å². The monoisotopic (exact) mass is 524 g/mol. The second-order valence-corrected chi connectivity index (χ2v) is 10.2. The number of furan rings is 1. The maximum absolute atomic E-state index is 10.3. The lowest BCUT2D eigenvalue weighted by Gasteiger charge is -2.05. The molecule has 0 bridgehead atoms. The third-order valence-electron chi connectivity index (χ3n) is 6.49. The average molecular weight is 525 g/mol. The van der Waals surface area contributed by atoms with Crippen LogP contribution in [0.5, 0.6) is 0 Å². The molecule has 3 aromatic heterocycles. The molecule has 188 valence electrons. The van der Waals surface area contributed by atoms with E-state index < -0.39 is 0 Å². The number of nitrogens with zero attached hydrogens (tertiary/aromatic N) is 4. The summed E-state index contributed by atoms with van der Waals surface area (Å²) < 4.78 is 8.19. The van der Waals surface area contributed by atoms with Crippen molar-refractivity contribution in [3.05, 3.63) is 125 Å². The molecule has 6 aromatic rings. The van der Waals surface area contributed by atoms with Gasteiger partial charge in [0.1, 0.15) is 23.1 Å². The highest BCUT2D eigenvalue weighted by atomic mass is 32.1. The number of aryl methyl sites for hydroxylation is 2. The predicted octanol–water partition coefficient (Wildman–Crippen LogP) is 8.77. The molecule has 0 unspecified atom stereocenters. The van der Waals surface area contributed by atoms with Crippen molar-refractivity contribution in [1.82, 2.24) is 9.78 Å². The molecule has 3 heterocycles. The van der Waals surface area contributed by atoms with Crippen LogP contribution in [0.4, 0.5) is 5.88 Å². The Morgan fingerprint density at radius 2 is 1.56 bits per heavy atom. The zero-order chi connectivity index (χ0) is 26.8. The van der Waals surface area contributed by atoms with Crippen LogP contribution < -0.4 is 0 Å². The molecule has 6 heteroatoms. The Morgan fingerprint density at radius 1 is 0.872 bits per heavy atom. The van der Waals surface area contributed by atoms with E-state index in [1.54, 1.807) is 17.6 Å². The number of hydrogen-bond donors (Lipinski definition) is 0. The van der Waals surface area contributed by atoms with E-state index in [4.69, 9.17) is 14.5 Å². The van der Waals surface area contributed by atoms with Crippen LogP contribution in [0.25, 0.3) is 38.7 Å². The van der Waals surface area contributed by atoms with Gasteiger partial charge in [-0.3, -0.25) is 0 Å². The summed E-state index contributed by atoms with van der Waals surface area (Å²) in [5, 5.41) is 17.2. The van der Waals surface area contributed by atoms with Gasteiger partial charge in [-0.1, -0.05) is 83.9 Å². The Bertz CT molecular complexity index is 1800. The second-order valence-electron chi connectivity index (χ2n) is 9.28. The molecule has 0 aliphatic heterocycles. The summed E-state index contributed by atoms with van der Waals surface area (Å²) >= 11 is 1.62. The first-order chi connectivity index (χ1) is 19.1. The molecule has 39 heavy (non-hydrogen) atoms. The van der Waals surface area contributed by atoms with Crippen molar-refractivity contribution in [3.8, 4) is 44.8 Å². The molecule has 0 fully saturated rings. The topological polar surface area (TPSA) is 67.1 Å². The molecule has 0 amide bonds. The molecule has 0 spiro atoms. The lowest BCUT2D eigenvalue weighted by molar-refractivity contribution is 0.593. The Hall–Kier alpha value is -4.99. The van der Waals surface area contributed by atoms with Crippen LogP contribution in [0.15, 0.2) is 112 Å². The van der Waals surface area contributed by atoms with Gasteiger partial charge in [0.05, 0.1) is 10.6 Å². The van der Waals surface area contributed by atoms with E-state index in [-0.39, 0.29) is 5.88 Å². The van der Waals surface area contributed by atoms with E-state index in [0.29, 0.717) is 11.3 Å². The summed E-state index contributed by atoms with van der Waals surface area (Å²) in [4.78, 5) is 5.76. The largest absolute Gasteiger partial charge is 0.436 e. The lowest BCUT2D eigenvalue weighted by atomic mass is 9.97. The summed E-state index contributed by atoms with van der Waals surface area (Å²) in [5.74, 6) is 0.897. The smallest absolute Gasteiger partial charge is 0.238 e. The molecule has 0 radical (unpaired) electrons. The van der Waals surface area contributed by atoms with Gasteiger partial charge in [-0.25, -0.2) is 9.67 Å². The number of aliphatic imine (C=N–C) groups is 1. The van der Waals surface area contributed by atoms with Crippen molar-refractivity contribution in [2.24, 2.45) is 4.99 Å². The molecular formula is C33H24N4OS. The van der Waals surface area contributed by atoms with Crippen LogP contribution in [-0.4, -0.2) is 16.0 Å². The summed E-state index contributed by atoms with van der Waals surface area (Å²) in [6.45, 7) is 4.09. The zero-order valence-electron chi connectivity index (χ0n) is 21.5. The van der Waals surface area contributed by atoms with Gasteiger partial charge in [-0.2, -0.15) is 10.4 Å². The molecule has 0 saturated heterocycles. The van der Waals surface area contributed by atoms with Crippen LogP contribution >= 0.6 is 11.3 Å². The Kier molecular flexibility index (Phi) is 6.50. The number of para-hydroxylation sites is 1. The first kappa shape index (κ1) is 24.4. The van der Waals surface area contributed by atoms with E-state index in [1.165, 1.54) is 0 Å². The van der Waals surface area contributed by atoms with Crippen LogP contribution in [0.2, 0.25) is 0 Å². The SMILES string of the molecule is Cc1ccc(-c2oc(N=Cc3cn(-c4ccccc4)nc3-c3cccs3)c(C#N)c2-c2ccc(C)cc2)cc1. The Morgan fingerprint density at radius 3 is 2.21 bits per heavy atom. The van der Waals surface area contributed by atoms with Crippen molar-refractivity contribution >= 4 is 23.4 Å². The summed E-state index contributed by atoms with van der Waals surface area (Å²) in [5.41, 5.74) is 7.85. The zero-order valence-corrected chi connectivity index (χ0v) is 22.3. The van der Waals surface area contributed by atoms with Crippen LogP contribution in [-0.2, 0) is 0 Å². The van der Waals surface area contributed by atoms with Gasteiger partial charge in [-0.15, -0.1) is 11.3 Å². The maximum atomic E-state index is 10.3. The maximum Gasteiger partial charge on any atom is 0.238 e. The number of hydrogen-bond acceptors (Lipinski definition) is 5. The first-order valence-corrected chi connectivity index (χ1v) is 13.4. The first-order valence-electron chi connectivity index (χ1n) is 12.5. The van der Waals surface area contributed by atoms with Crippen molar-refractivity contribution in [3.63, 3.8) is 0 Å². The molecule has 5 nitrogen and oxygen atoms in total. The number of benzene rings is 3. The van der Waals surface area contributed by atoms with Crippen LogP contribution in [0, 0.1) is 25.2 Å². The van der Waals surface area contributed by atoms with Crippen molar-refractivity contribution in [1.29, 1.82) is 5.26 Å². The molecule has 0 N–H and O–H groups in total. The van der Waals surface area contributed by atoms with Gasteiger partial charge in [0.15, 0.2) is 0 Å². The minimum Gasteiger partial charge on any atom is -0.436 e. The molecular weight excluding hydrogens is 500 g/mol. The average Bonchev–Trinajstić information content (AvgIpc) is 3.72. The van der Waals surface area contributed by atoms with Gasteiger partial charge in [0, 0.05) is 29.1 Å². The van der Waals surface area contributed by atoms with Gasteiger partial charge in [0.2, 0.25) is 5.88 Å². The number of rotatable bonds is 6. The number of nitriles is 1. The van der Waals surface area contributed by atoms with Crippen LogP contribution in [0.3, 0.4) is 0 Å². The summed E-state index contributed by atoms with van der Waals surface area (Å²) in [6, 6.07) is 32.6. The highest BCUT2D eigenvalue weighted by molar-refractivity contribution is 7.13. The quantitative estimate of drug-likeness (QED) is 0.205. The lowest BCUT2D eigenvalue weighted by Crippen LogP contribution is -1.93. The van der Waals surface area contributed by atoms with E-state index >= 15 is 0 Å². The number of aromatic nitrogens is 2. The Labute approximate surface area is 231 Å². The van der Waals surface area contributed by atoms with Gasteiger partial charge >= 0.3 is 0 Å². The third-order valence-corrected chi connectivity index (χ3v) is 7.37. The fourth-order valence-electron chi connectivity index (χ4n) is 4.45. The van der Waals surface area contributed by atoms with Crippen LogP contribution in [0.1, 0.15) is 22.3 Å². The van der Waals surface area contributed by atoms with Crippen molar-refractivity contribution in [2.75, 3.05) is 0 Å². The highest BCUT2D eigenvalue weighted by Gasteiger charge is 2.23. The minimum atomic E-state index is 0.272. The number of thiophene rings is 1. The highest BCUT2D eigenvalue weighted by Crippen LogP contribution is 2.42. The molecule has 3 aromatic carbocycles. The predicted molar refractivity (Wildman–Crippen MR) is 158 cm³/mol.